The number of carboxylic acids is 1. The highest BCUT2D eigenvalue weighted by Crippen LogP contribution is 2.26. The molecule has 0 fully saturated rings. The number of nitrogens with zero attached hydrogens (tertiary/aromatic N) is 1. The minimum absolute atomic E-state index is 0.115. The van der Waals surface area contributed by atoms with Gasteiger partial charge in [0, 0.05) is 13.1 Å². The topological polar surface area (TPSA) is 74.7 Å². The maximum absolute atomic E-state index is 12.0. The molecular weight excluding hydrogens is 250 g/mol. The number of hydrogen-bond donors (Lipinski definition) is 1. The Balaban J connectivity index is 3.28. The summed E-state index contributed by atoms with van der Waals surface area (Å²) in [5.41, 5.74) is -0.169. The highest BCUT2D eigenvalue weighted by molar-refractivity contribution is 7.91. The van der Waals surface area contributed by atoms with Crippen molar-refractivity contribution >= 4 is 27.3 Å². The van der Waals surface area contributed by atoms with Crippen molar-refractivity contribution in [3.8, 4) is 0 Å². The van der Waals surface area contributed by atoms with Crippen LogP contribution in [0.3, 0.4) is 0 Å². The molecule has 16 heavy (non-hydrogen) atoms. The average molecular weight is 263 g/mol. The Morgan fingerprint density at radius 1 is 1.50 bits per heavy atom. The van der Waals surface area contributed by atoms with E-state index < -0.39 is 16.0 Å². The van der Waals surface area contributed by atoms with Crippen LogP contribution in [0.1, 0.15) is 24.2 Å². The Kier molecular flexibility index (Phi) is 3.72. The number of rotatable bonds is 4. The molecule has 0 saturated heterocycles. The Bertz CT molecular complexity index is 489. The van der Waals surface area contributed by atoms with Gasteiger partial charge in [0.1, 0.15) is 4.21 Å². The van der Waals surface area contributed by atoms with Crippen LogP contribution in [0.2, 0.25) is 0 Å². The fraction of sp³-hybridized carbons (Fsp3) is 0.444. The zero-order valence-corrected chi connectivity index (χ0v) is 10.8. The average Bonchev–Trinajstić information content (AvgIpc) is 2.65. The minimum Gasteiger partial charge on any atom is -0.478 e. The van der Waals surface area contributed by atoms with Gasteiger partial charge in [0.25, 0.3) is 10.0 Å². The van der Waals surface area contributed by atoms with Crippen LogP contribution in [0, 0.1) is 0 Å². The number of carbonyl (C=O) groups is 1. The molecule has 0 amide bonds. The maximum atomic E-state index is 12.0. The van der Waals surface area contributed by atoms with Crippen LogP contribution >= 0.6 is 11.3 Å². The molecule has 0 unspecified atom stereocenters. The summed E-state index contributed by atoms with van der Waals surface area (Å²) in [6.45, 7) is 3.46. The molecule has 1 rings (SSSR count). The van der Waals surface area contributed by atoms with Gasteiger partial charge >= 0.3 is 5.97 Å². The van der Waals surface area contributed by atoms with Crippen molar-refractivity contribution in [2.45, 2.75) is 24.1 Å². The van der Waals surface area contributed by atoms with Gasteiger partial charge in [-0.1, -0.05) is 0 Å². The molecule has 1 N–H and O–H groups in total. The number of thiophene rings is 1. The van der Waals surface area contributed by atoms with E-state index in [0.29, 0.717) is 0 Å². The van der Waals surface area contributed by atoms with Crippen molar-refractivity contribution in [2.24, 2.45) is 0 Å². The van der Waals surface area contributed by atoms with Crippen LogP contribution in [0.15, 0.2) is 15.7 Å². The molecule has 5 nitrogen and oxygen atoms in total. The summed E-state index contributed by atoms with van der Waals surface area (Å²) in [7, 11) is -2.26. The molecule has 0 aliphatic rings. The molecule has 0 bridgehead atoms. The zero-order chi connectivity index (χ0) is 12.5. The normalized spacial score (nSPS) is 12.3. The van der Waals surface area contributed by atoms with Crippen molar-refractivity contribution in [3.05, 3.63) is 17.0 Å². The molecule has 1 aromatic heterocycles. The fourth-order valence-corrected chi connectivity index (χ4v) is 3.93. The number of sulfonamides is 1. The van der Waals surface area contributed by atoms with E-state index in [2.05, 4.69) is 0 Å². The molecule has 0 aliphatic carbocycles. The van der Waals surface area contributed by atoms with Gasteiger partial charge in [-0.3, -0.25) is 0 Å². The van der Waals surface area contributed by atoms with E-state index in [-0.39, 0.29) is 15.8 Å². The Labute approximate surface area is 98.4 Å². The molecule has 0 aliphatic heterocycles. The van der Waals surface area contributed by atoms with Crippen molar-refractivity contribution < 1.29 is 18.3 Å². The molecule has 0 spiro atoms. The lowest BCUT2D eigenvalue weighted by atomic mass is 10.4. The lowest BCUT2D eigenvalue weighted by molar-refractivity contribution is 0.0693. The second kappa shape index (κ2) is 4.52. The smallest absolute Gasteiger partial charge is 0.337 e. The van der Waals surface area contributed by atoms with Gasteiger partial charge in [0.2, 0.25) is 0 Å². The summed E-state index contributed by atoms with van der Waals surface area (Å²) in [6.07, 6.45) is 0. The van der Waals surface area contributed by atoms with Gasteiger partial charge in [-0.25, -0.2) is 13.2 Å². The fourth-order valence-electron chi connectivity index (χ4n) is 1.06. The van der Waals surface area contributed by atoms with E-state index in [9.17, 15) is 13.2 Å². The zero-order valence-electron chi connectivity index (χ0n) is 9.17. The van der Waals surface area contributed by atoms with E-state index in [0.717, 1.165) is 15.6 Å². The monoisotopic (exact) mass is 263 g/mol. The molecule has 0 radical (unpaired) electrons. The standard InChI is InChI=1S/C9H13NO4S2/c1-6(2)10(3)16(13,14)9-7(8(11)12)4-5-15-9/h4-6H,1-3H3,(H,11,12). The summed E-state index contributed by atoms with van der Waals surface area (Å²) in [5.74, 6) is -1.23. The number of carboxylic acid groups (broad SMARTS) is 1. The molecular formula is C9H13NO4S2. The van der Waals surface area contributed by atoms with Gasteiger partial charge < -0.3 is 5.11 Å². The van der Waals surface area contributed by atoms with Crippen molar-refractivity contribution in [1.29, 1.82) is 0 Å². The van der Waals surface area contributed by atoms with Crippen LogP contribution < -0.4 is 0 Å². The van der Waals surface area contributed by atoms with E-state index >= 15 is 0 Å². The molecule has 0 saturated carbocycles. The van der Waals surface area contributed by atoms with E-state index in [1.807, 2.05) is 0 Å². The highest BCUT2D eigenvalue weighted by Gasteiger charge is 2.29. The Morgan fingerprint density at radius 2 is 2.06 bits per heavy atom. The van der Waals surface area contributed by atoms with Crippen LogP contribution in [0.25, 0.3) is 0 Å². The number of hydrogen-bond acceptors (Lipinski definition) is 4. The molecule has 90 valence electrons. The first kappa shape index (κ1) is 13.1. The Hall–Kier alpha value is -0.920. The first-order chi connectivity index (χ1) is 7.28. The van der Waals surface area contributed by atoms with Crippen molar-refractivity contribution in [3.63, 3.8) is 0 Å². The summed E-state index contributed by atoms with van der Waals surface area (Å²) in [5, 5.41) is 10.3. The SMILES string of the molecule is CC(C)N(C)S(=O)(=O)c1sccc1C(=O)O. The predicted molar refractivity (Wildman–Crippen MR) is 61.4 cm³/mol. The first-order valence-electron chi connectivity index (χ1n) is 4.57. The molecule has 0 atom stereocenters. The quantitative estimate of drug-likeness (QED) is 0.892. The van der Waals surface area contributed by atoms with Gasteiger partial charge in [-0.15, -0.1) is 11.3 Å². The van der Waals surface area contributed by atoms with Gasteiger partial charge in [-0.05, 0) is 25.3 Å². The maximum Gasteiger partial charge on any atom is 0.337 e. The summed E-state index contributed by atoms with van der Waals surface area (Å²) < 4.78 is 25.1. The van der Waals surface area contributed by atoms with E-state index in [1.165, 1.54) is 18.5 Å². The molecule has 0 aromatic carbocycles. The predicted octanol–water partition coefficient (Wildman–Crippen LogP) is 1.48. The third kappa shape index (κ3) is 2.26. The van der Waals surface area contributed by atoms with E-state index in [4.69, 9.17) is 5.11 Å². The van der Waals surface area contributed by atoms with Gasteiger partial charge in [0.15, 0.2) is 0 Å². The summed E-state index contributed by atoms with van der Waals surface area (Å²) in [4.78, 5) is 10.8. The first-order valence-corrected chi connectivity index (χ1v) is 6.89. The van der Waals surface area contributed by atoms with Crippen LogP contribution in [-0.2, 0) is 10.0 Å². The third-order valence-corrected chi connectivity index (χ3v) is 5.70. The lowest BCUT2D eigenvalue weighted by Gasteiger charge is -2.20. The summed E-state index contributed by atoms with van der Waals surface area (Å²) >= 11 is 0.920. The lowest BCUT2D eigenvalue weighted by Crippen LogP contribution is -2.33. The van der Waals surface area contributed by atoms with Crippen molar-refractivity contribution in [1.82, 2.24) is 4.31 Å². The highest BCUT2D eigenvalue weighted by atomic mass is 32.2. The molecule has 7 heteroatoms. The van der Waals surface area contributed by atoms with Crippen LogP contribution in [0.5, 0.6) is 0 Å². The molecule has 1 aromatic rings. The second-order valence-corrected chi connectivity index (χ2v) is 6.65. The van der Waals surface area contributed by atoms with Crippen molar-refractivity contribution in [2.75, 3.05) is 7.05 Å². The molecule has 1 heterocycles. The van der Waals surface area contributed by atoms with Gasteiger partial charge in [-0.2, -0.15) is 4.31 Å². The Morgan fingerprint density at radius 3 is 2.50 bits per heavy atom. The number of aromatic carboxylic acids is 1. The summed E-state index contributed by atoms with van der Waals surface area (Å²) in [6, 6.07) is 1.09. The van der Waals surface area contributed by atoms with Crippen LogP contribution in [0.4, 0.5) is 0 Å². The van der Waals surface area contributed by atoms with E-state index in [1.54, 1.807) is 13.8 Å². The van der Waals surface area contributed by atoms with Gasteiger partial charge in [0.05, 0.1) is 5.56 Å². The largest absolute Gasteiger partial charge is 0.478 e. The second-order valence-electron chi connectivity index (χ2n) is 3.54. The third-order valence-electron chi connectivity index (χ3n) is 2.20. The van der Waals surface area contributed by atoms with Crippen LogP contribution in [-0.4, -0.2) is 36.9 Å². The minimum atomic E-state index is -3.70.